The number of nitrogens with one attached hydrogen (secondary N) is 1. The van der Waals surface area contributed by atoms with Gasteiger partial charge < -0.3 is 10.1 Å². The van der Waals surface area contributed by atoms with Gasteiger partial charge in [-0.25, -0.2) is 9.50 Å². The number of hydrogen-bond donors (Lipinski definition) is 1. The van der Waals surface area contributed by atoms with Gasteiger partial charge in [0.15, 0.2) is 5.65 Å². The monoisotopic (exact) mass is 349 g/mol. The first kappa shape index (κ1) is 15.6. The molecule has 0 radical (unpaired) electrons. The molecule has 3 aromatic rings. The molecule has 1 N–H and O–H groups in total. The van der Waals surface area contributed by atoms with Crippen LogP contribution in [0.25, 0.3) is 16.9 Å². The lowest BCUT2D eigenvalue weighted by Crippen LogP contribution is -2.37. The van der Waals surface area contributed by atoms with E-state index in [0.29, 0.717) is 6.04 Å². The van der Waals surface area contributed by atoms with Crippen LogP contribution in [0.2, 0.25) is 0 Å². The predicted molar refractivity (Wildman–Crippen MR) is 102 cm³/mol. The summed E-state index contributed by atoms with van der Waals surface area (Å²) in [6, 6.07) is 10.8. The van der Waals surface area contributed by atoms with Crippen molar-refractivity contribution < 1.29 is 4.74 Å². The summed E-state index contributed by atoms with van der Waals surface area (Å²) in [6.07, 6.45) is 4.34. The van der Waals surface area contributed by atoms with Crippen LogP contribution in [0.5, 0.6) is 5.75 Å². The summed E-state index contributed by atoms with van der Waals surface area (Å²) in [4.78, 5) is 7.04. The number of fused-ring (bicyclic) bond motifs is 5. The molecule has 1 atom stereocenters. The van der Waals surface area contributed by atoms with Gasteiger partial charge >= 0.3 is 0 Å². The normalized spacial score (nSPS) is 20.4. The van der Waals surface area contributed by atoms with Gasteiger partial charge in [-0.15, -0.1) is 5.10 Å². The Hall–Kier alpha value is -2.60. The van der Waals surface area contributed by atoms with Crippen LogP contribution in [-0.2, 0) is 0 Å². The van der Waals surface area contributed by atoms with Crippen molar-refractivity contribution in [2.75, 3.05) is 31.6 Å². The second kappa shape index (κ2) is 6.29. The van der Waals surface area contributed by atoms with Crippen LogP contribution in [-0.4, -0.2) is 51.8 Å². The molecule has 1 aromatic carbocycles. The first-order valence-corrected chi connectivity index (χ1v) is 9.34. The quantitative estimate of drug-likeness (QED) is 0.676. The molecule has 6 heteroatoms. The molecule has 0 unspecified atom stereocenters. The van der Waals surface area contributed by atoms with Gasteiger partial charge in [0.1, 0.15) is 18.2 Å². The van der Waals surface area contributed by atoms with E-state index < -0.39 is 0 Å². The fraction of sp³-hybridized carbons (Fsp3) is 0.400. The van der Waals surface area contributed by atoms with Gasteiger partial charge in [-0.1, -0.05) is 6.07 Å². The molecule has 2 aliphatic rings. The van der Waals surface area contributed by atoms with Crippen LogP contribution in [0.3, 0.4) is 0 Å². The highest BCUT2D eigenvalue weighted by Gasteiger charge is 2.25. The molecular weight excluding hydrogens is 326 g/mol. The van der Waals surface area contributed by atoms with E-state index in [9.17, 15) is 0 Å². The maximum absolute atomic E-state index is 6.18. The maximum Gasteiger partial charge on any atom is 0.154 e. The van der Waals surface area contributed by atoms with Crippen molar-refractivity contribution in [2.45, 2.75) is 25.8 Å². The minimum Gasteiger partial charge on any atom is -0.492 e. The van der Waals surface area contributed by atoms with Crippen LogP contribution in [0, 0.1) is 6.92 Å². The van der Waals surface area contributed by atoms with Gasteiger partial charge in [-0.2, -0.15) is 0 Å². The molecule has 4 heterocycles. The highest BCUT2D eigenvalue weighted by molar-refractivity contribution is 5.68. The molecule has 0 amide bonds. The third kappa shape index (κ3) is 2.70. The van der Waals surface area contributed by atoms with E-state index in [1.165, 1.54) is 18.4 Å². The van der Waals surface area contributed by atoms with Crippen LogP contribution in [0.15, 0.2) is 36.5 Å². The minimum atomic E-state index is 0.491. The van der Waals surface area contributed by atoms with Gasteiger partial charge in [0.25, 0.3) is 0 Å². The largest absolute Gasteiger partial charge is 0.492 e. The Balaban J connectivity index is 1.62. The molecule has 134 valence electrons. The van der Waals surface area contributed by atoms with Crippen LogP contribution in [0.4, 0.5) is 5.82 Å². The number of nitrogens with zero attached hydrogens (tertiary/aromatic N) is 4. The molecule has 2 aromatic heterocycles. The summed E-state index contributed by atoms with van der Waals surface area (Å²) in [5, 5.41) is 8.23. The van der Waals surface area contributed by atoms with Crippen molar-refractivity contribution in [2.24, 2.45) is 0 Å². The number of imidazole rings is 1. The standard InChI is InChI=1S/C20H23N5O/c1-14-4-5-16-11-17(14)18-12-22-20-7-6-19(23-25(18)20)21-8-10-24-9-2-3-15(24)13-26-16/h4-7,11-12,15H,2-3,8-10,13H2,1H3,(H,21,23)/t15-/m0/s1. The Kier molecular flexibility index (Phi) is 3.78. The SMILES string of the molecule is Cc1ccc2cc1-c1cnc3ccc(nn13)NCCN1CCC[C@H]1CO2. The average molecular weight is 349 g/mol. The van der Waals surface area contributed by atoms with Crippen LogP contribution >= 0.6 is 0 Å². The van der Waals surface area contributed by atoms with Gasteiger partial charge in [-0.3, -0.25) is 4.90 Å². The molecule has 4 bridgehead atoms. The Labute approximate surface area is 152 Å². The van der Waals surface area contributed by atoms with Crippen molar-refractivity contribution in [1.82, 2.24) is 19.5 Å². The topological polar surface area (TPSA) is 54.7 Å². The number of aryl methyl sites for hydroxylation is 1. The van der Waals surface area contributed by atoms with E-state index in [1.54, 1.807) is 0 Å². The fourth-order valence-corrected chi connectivity index (χ4v) is 4.02. The van der Waals surface area contributed by atoms with Gasteiger partial charge in [-0.05, 0) is 56.1 Å². The lowest BCUT2D eigenvalue weighted by molar-refractivity contribution is 0.177. The smallest absolute Gasteiger partial charge is 0.154 e. The van der Waals surface area contributed by atoms with E-state index in [-0.39, 0.29) is 0 Å². The molecule has 5 rings (SSSR count). The molecule has 6 nitrogen and oxygen atoms in total. The van der Waals surface area contributed by atoms with Crippen LogP contribution in [0.1, 0.15) is 18.4 Å². The van der Waals surface area contributed by atoms with Crippen molar-refractivity contribution in [3.05, 3.63) is 42.1 Å². The van der Waals surface area contributed by atoms with Crippen molar-refractivity contribution in [3.8, 4) is 17.0 Å². The zero-order valence-electron chi connectivity index (χ0n) is 15.0. The van der Waals surface area contributed by atoms with E-state index in [2.05, 4.69) is 40.3 Å². The fourth-order valence-electron chi connectivity index (χ4n) is 4.02. The average Bonchev–Trinajstić information content (AvgIpc) is 3.27. The highest BCUT2D eigenvalue weighted by atomic mass is 16.5. The summed E-state index contributed by atoms with van der Waals surface area (Å²) < 4.78 is 8.09. The molecule has 2 aliphatic heterocycles. The summed E-state index contributed by atoms with van der Waals surface area (Å²) >= 11 is 0. The van der Waals surface area contributed by atoms with E-state index >= 15 is 0 Å². The molecule has 0 aliphatic carbocycles. The maximum atomic E-state index is 6.18. The zero-order valence-corrected chi connectivity index (χ0v) is 15.0. The predicted octanol–water partition coefficient (Wildman–Crippen LogP) is 2.97. The highest BCUT2D eigenvalue weighted by Crippen LogP contribution is 2.29. The number of benzene rings is 1. The molecule has 0 saturated carbocycles. The van der Waals surface area contributed by atoms with Gasteiger partial charge in [0, 0.05) is 24.7 Å². The lowest BCUT2D eigenvalue weighted by atomic mass is 10.1. The Bertz CT molecular complexity index is 951. The van der Waals surface area contributed by atoms with E-state index in [1.807, 2.05) is 22.8 Å². The Morgan fingerprint density at radius 3 is 3.12 bits per heavy atom. The molecule has 1 saturated heterocycles. The summed E-state index contributed by atoms with van der Waals surface area (Å²) in [5.41, 5.74) is 4.14. The lowest BCUT2D eigenvalue weighted by Gasteiger charge is -2.25. The summed E-state index contributed by atoms with van der Waals surface area (Å²) in [5.74, 6) is 1.80. The molecule has 1 fully saturated rings. The third-order valence-corrected chi connectivity index (χ3v) is 5.49. The molecular formula is C20H23N5O. The first-order chi connectivity index (χ1) is 12.8. The van der Waals surface area contributed by atoms with Crippen LogP contribution < -0.4 is 10.1 Å². The zero-order chi connectivity index (χ0) is 17.5. The summed E-state index contributed by atoms with van der Waals surface area (Å²) in [6.45, 7) is 5.89. The van der Waals surface area contributed by atoms with Crippen molar-refractivity contribution in [3.63, 3.8) is 0 Å². The Morgan fingerprint density at radius 2 is 2.15 bits per heavy atom. The van der Waals surface area contributed by atoms with E-state index in [4.69, 9.17) is 9.84 Å². The van der Waals surface area contributed by atoms with Gasteiger partial charge in [0.2, 0.25) is 0 Å². The summed E-state index contributed by atoms with van der Waals surface area (Å²) in [7, 11) is 0. The molecule has 26 heavy (non-hydrogen) atoms. The Morgan fingerprint density at radius 1 is 1.19 bits per heavy atom. The minimum absolute atomic E-state index is 0.491. The van der Waals surface area contributed by atoms with E-state index in [0.717, 1.165) is 54.7 Å². The van der Waals surface area contributed by atoms with Crippen molar-refractivity contribution in [1.29, 1.82) is 0 Å². The number of ether oxygens (including phenoxy) is 1. The molecule has 0 spiro atoms. The van der Waals surface area contributed by atoms with Crippen molar-refractivity contribution >= 4 is 11.5 Å². The second-order valence-corrected chi connectivity index (χ2v) is 7.18. The number of anilines is 1. The second-order valence-electron chi connectivity index (χ2n) is 7.18. The third-order valence-electron chi connectivity index (χ3n) is 5.49. The van der Waals surface area contributed by atoms with Gasteiger partial charge in [0.05, 0.1) is 11.9 Å². The number of hydrogen-bond acceptors (Lipinski definition) is 5. The first-order valence-electron chi connectivity index (χ1n) is 9.34. The number of rotatable bonds is 0. The number of aromatic nitrogens is 3.